The van der Waals surface area contributed by atoms with Crippen LogP contribution in [0.25, 0.3) is 0 Å². The van der Waals surface area contributed by atoms with Gasteiger partial charge in [-0.05, 0) is 5.56 Å². The molecule has 0 unspecified atom stereocenters. The van der Waals surface area contributed by atoms with Gasteiger partial charge in [0, 0.05) is 0 Å². The van der Waals surface area contributed by atoms with E-state index in [1.807, 2.05) is 30.3 Å². The summed E-state index contributed by atoms with van der Waals surface area (Å²) in [7, 11) is 0. The molecule has 14 heavy (non-hydrogen) atoms. The highest BCUT2D eigenvalue weighted by Crippen LogP contribution is 2.17. The maximum atomic E-state index is 9.92. The Morgan fingerprint density at radius 1 is 1.36 bits per heavy atom. The summed E-state index contributed by atoms with van der Waals surface area (Å²) in [6.45, 7) is 0.689. The molecule has 4 heteroatoms. The zero-order valence-electron chi connectivity index (χ0n) is 7.72. The van der Waals surface area contributed by atoms with Crippen LogP contribution in [-0.4, -0.2) is 24.5 Å². The van der Waals surface area contributed by atoms with Crippen LogP contribution in [0, 0.1) is 0 Å². The van der Waals surface area contributed by atoms with Gasteiger partial charge in [-0.2, -0.15) is 5.48 Å². The van der Waals surface area contributed by atoms with E-state index in [0.29, 0.717) is 6.61 Å². The van der Waals surface area contributed by atoms with E-state index in [2.05, 4.69) is 5.48 Å². The lowest BCUT2D eigenvalue weighted by Crippen LogP contribution is -2.43. The standard InChI is InChI=1S/C10H13NO3/c12-10(8-4-2-1-3-5-8)9-6-13-7-14-11-9/h1-5,9-12H,6-7H2/t9-,10+/m1/s1. The first-order valence-corrected chi connectivity index (χ1v) is 4.56. The predicted molar refractivity (Wildman–Crippen MR) is 50.2 cm³/mol. The van der Waals surface area contributed by atoms with Crippen LogP contribution in [0.15, 0.2) is 30.3 Å². The minimum atomic E-state index is -0.600. The monoisotopic (exact) mass is 195 g/mol. The summed E-state index contributed by atoms with van der Waals surface area (Å²) >= 11 is 0. The second kappa shape index (κ2) is 4.52. The largest absolute Gasteiger partial charge is 0.387 e. The smallest absolute Gasteiger partial charge is 0.166 e. The van der Waals surface area contributed by atoms with Crippen LogP contribution in [0.1, 0.15) is 11.7 Å². The number of nitrogens with one attached hydrogen (secondary N) is 1. The van der Waals surface area contributed by atoms with Crippen molar-refractivity contribution in [2.45, 2.75) is 12.1 Å². The third-order valence-electron chi connectivity index (χ3n) is 2.20. The van der Waals surface area contributed by atoms with Crippen LogP contribution < -0.4 is 5.48 Å². The van der Waals surface area contributed by atoms with E-state index in [0.717, 1.165) is 5.56 Å². The normalized spacial score (nSPS) is 24.5. The highest BCUT2D eigenvalue weighted by atomic mass is 16.8. The lowest BCUT2D eigenvalue weighted by atomic mass is 10.0. The number of hydrogen-bond acceptors (Lipinski definition) is 4. The SMILES string of the molecule is O[C@@H](c1ccccc1)[C@H]1COCON1. The first kappa shape index (κ1) is 9.61. The van der Waals surface area contributed by atoms with Gasteiger partial charge in [0.1, 0.15) is 0 Å². The molecule has 1 aromatic rings. The van der Waals surface area contributed by atoms with Crippen LogP contribution in [0.5, 0.6) is 0 Å². The second-order valence-electron chi connectivity index (χ2n) is 3.21. The number of benzene rings is 1. The molecule has 0 aromatic heterocycles. The van der Waals surface area contributed by atoms with E-state index in [9.17, 15) is 5.11 Å². The fourth-order valence-corrected chi connectivity index (χ4v) is 1.43. The van der Waals surface area contributed by atoms with Crippen molar-refractivity contribution in [3.63, 3.8) is 0 Å². The Labute approximate surface area is 82.4 Å². The Bertz CT molecular complexity index is 272. The summed E-state index contributed by atoms with van der Waals surface area (Å²) in [6, 6.07) is 9.25. The summed E-state index contributed by atoms with van der Waals surface area (Å²) in [6.07, 6.45) is -0.600. The molecule has 1 saturated heterocycles. The lowest BCUT2D eigenvalue weighted by molar-refractivity contribution is -0.182. The maximum Gasteiger partial charge on any atom is 0.166 e. The molecule has 1 heterocycles. The molecule has 1 fully saturated rings. The van der Waals surface area contributed by atoms with Crippen molar-refractivity contribution in [2.24, 2.45) is 0 Å². The van der Waals surface area contributed by atoms with Crippen LogP contribution >= 0.6 is 0 Å². The Morgan fingerprint density at radius 2 is 2.14 bits per heavy atom. The molecule has 0 spiro atoms. The first-order chi connectivity index (χ1) is 6.88. The van der Waals surface area contributed by atoms with Gasteiger partial charge in [0.05, 0.1) is 18.8 Å². The molecule has 0 bridgehead atoms. The summed E-state index contributed by atoms with van der Waals surface area (Å²) in [5, 5.41) is 9.92. The van der Waals surface area contributed by atoms with E-state index < -0.39 is 6.10 Å². The van der Waals surface area contributed by atoms with Gasteiger partial charge < -0.3 is 9.84 Å². The van der Waals surface area contributed by atoms with E-state index in [1.54, 1.807) is 0 Å². The van der Waals surface area contributed by atoms with Gasteiger partial charge >= 0.3 is 0 Å². The molecule has 4 nitrogen and oxygen atoms in total. The van der Waals surface area contributed by atoms with Crippen molar-refractivity contribution >= 4 is 0 Å². The molecule has 0 aliphatic carbocycles. The van der Waals surface area contributed by atoms with E-state index in [-0.39, 0.29) is 12.8 Å². The molecule has 1 aliphatic heterocycles. The second-order valence-corrected chi connectivity index (χ2v) is 3.21. The van der Waals surface area contributed by atoms with Crippen LogP contribution in [0.2, 0.25) is 0 Å². The number of aliphatic hydroxyl groups is 1. The minimum absolute atomic E-state index is 0.203. The fraction of sp³-hybridized carbons (Fsp3) is 0.400. The van der Waals surface area contributed by atoms with Crippen molar-refractivity contribution in [2.75, 3.05) is 13.4 Å². The highest BCUT2D eigenvalue weighted by molar-refractivity contribution is 5.18. The number of hydroxylamine groups is 1. The molecule has 1 aromatic carbocycles. The van der Waals surface area contributed by atoms with Gasteiger partial charge in [0.25, 0.3) is 0 Å². The van der Waals surface area contributed by atoms with E-state index in [1.165, 1.54) is 0 Å². The van der Waals surface area contributed by atoms with Gasteiger partial charge in [-0.15, -0.1) is 0 Å². The van der Waals surface area contributed by atoms with Gasteiger partial charge in [-0.3, -0.25) is 4.84 Å². The highest BCUT2D eigenvalue weighted by Gasteiger charge is 2.23. The van der Waals surface area contributed by atoms with E-state index in [4.69, 9.17) is 9.57 Å². The zero-order chi connectivity index (χ0) is 9.80. The number of ether oxygens (including phenoxy) is 1. The molecule has 2 rings (SSSR count). The Hall–Kier alpha value is -0.940. The lowest BCUT2D eigenvalue weighted by Gasteiger charge is -2.27. The van der Waals surface area contributed by atoms with Crippen LogP contribution in [0.4, 0.5) is 0 Å². The first-order valence-electron chi connectivity index (χ1n) is 4.56. The summed E-state index contributed by atoms with van der Waals surface area (Å²) < 4.78 is 5.08. The summed E-state index contributed by atoms with van der Waals surface area (Å²) in [4.78, 5) is 4.89. The van der Waals surface area contributed by atoms with Crippen molar-refractivity contribution < 1.29 is 14.7 Å². The van der Waals surface area contributed by atoms with Crippen LogP contribution in [0.3, 0.4) is 0 Å². The summed E-state index contributed by atoms with van der Waals surface area (Å²) in [5.74, 6) is 0. The average molecular weight is 195 g/mol. The molecule has 2 N–H and O–H groups in total. The van der Waals surface area contributed by atoms with Crippen LogP contribution in [-0.2, 0) is 9.57 Å². The average Bonchev–Trinajstić information content (AvgIpc) is 2.30. The molecular weight excluding hydrogens is 182 g/mol. The molecule has 2 atom stereocenters. The number of aliphatic hydroxyl groups excluding tert-OH is 1. The molecule has 0 radical (unpaired) electrons. The molecular formula is C10H13NO3. The minimum Gasteiger partial charge on any atom is -0.387 e. The molecule has 76 valence electrons. The predicted octanol–water partition coefficient (Wildman–Crippen LogP) is 0.597. The molecule has 0 saturated carbocycles. The van der Waals surface area contributed by atoms with Crippen molar-refractivity contribution in [3.8, 4) is 0 Å². The molecule has 0 amide bonds. The maximum absolute atomic E-state index is 9.92. The third kappa shape index (κ3) is 2.10. The zero-order valence-corrected chi connectivity index (χ0v) is 7.72. The fourth-order valence-electron chi connectivity index (χ4n) is 1.43. The van der Waals surface area contributed by atoms with E-state index >= 15 is 0 Å². The number of rotatable bonds is 2. The number of hydrogen-bond donors (Lipinski definition) is 2. The van der Waals surface area contributed by atoms with Gasteiger partial charge in [0.2, 0.25) is 0 Å². The van der Waals surface area contributed by atoms with Gasteiger partial charge in [0.15, 0.2) is 6.79 Å². The Kier molecular flexibility index (Phi) is 3.10. The quantitative estimate of drug-likeness (QED) is 0.725. The van der Waals surface area contributed by atoms with Gasteiger partial charge in [-0.25, -0.2) is 0 Å². The van der Waals surface area contributed by atoms with Crippen molar-refractivity contribution in [1.29, 1.82) is 0 Å². The van der Waals surface area contributed by atoms with Gasteiger partial charge in [-0.1, -0.05) is 30.3 Å². The Balaban J connectivity index is 2.03. The summed E-state index contributed by atoms with van der Waals surface area (Å²) in [5.41, 5.74) is 3.60. The Morgan fingerprint density at radius 3 is 2.79 bits per heavy atom. The van der Waals surface area contributed by atoms with Crippen molar-refractivity contribution in [3.05, 3.63) is 35.9 Å². The molecule has 1 aliphatic rings. The van der Waals surface area contributed by atoms with Crippen molar-refractivity contribution in [1.82, 2.24) is 5.48 Å². The topological polar surface area (TPSA) is 50.7 Å². The third-order valence-corrected chi connectivity index (χ3v) is 2.20.